The highest BCUT2D eigenvalue weighted by Gasteiger charge is 2.11. The summed E-state index contributed by atoms with van der Waals surface area (Å²) in [6.45, 7) is 3.83. The number of hydrogen-bond acceptors (Lipinski definition) is 3. The molecule has 5 nitrogen and oxygen atoms in total. The summed E-state index contributed by atoms with van der Waals surface area (Å²) in [6, 6.07) is 7.10. The summed E-state index contributed by atoms with van der Waals surface area (Å²) in [6.07, 6.45) is 1.03. The van der Waals surface area contributed by atoms with Gasteiger partial charge in [0.15, 0.2) is 0 Å². The first-order valence-corrected chi connectivity index (χ1v) is 6.19. The van der Waals surface area contributed by atoms with E-state index in [1.807, 2.05) is 26.0 Å². The molecule has 0 aliphatic carbocycles. The van der Waals surface area contributed by atoms with Gasteiger partial charge in [-0.25, -0.2) is 4.79 Å². The zero-order valence-corrected chi connectivity index (χ0v) is 11.5. The van der Waals surface area contributed by atoms with Gasteiger partial charge in [-0.15, -0.1) is 0 Å². The Labute approximate surface area is 113 Å². The zero-order valence-electron chi connectivity index (χ0n) is 11.5. The molecule has 19 heavy (non-hydrogen) atoms. The highest BCUT2D eigenvalue weighted by atomic mass is 16.5. The van der Waals surface area contributed by atoms with Crippen LogP contribution in [0.5, 0.6) is 5.75 Å². The molecule has 0 bridgehead atoms. The van der Waals surface area contributed by atoms with Gasteiger partial charge in [0, 0.05) is 17.8 Å². The van der Waals surface area contributed by atoms with Crippen LogP contribution in [0, 0.1) is 18.3 Å². The molecule has 0 unspecified atom stereocenters. The number of nitriles is 1. The highest BCUT2D eigenvalue weighted by Crippen LogP contribution is 2.21. The van der Waals surface area contributed by atoms with Crippen LogP contribution in [0.2, 0.25) is 0 Å². The molecule has 0 spiro atoms. The van der Waals surface area contributed by atoms with Crippen LogP contribution in [0.4, 0.5) is 10.5 Å². The number of nitrogens with zero attached hydrogens (tertiary/aromatic N) is 1. The minimum absolute atomic E-state index is 0.129. The maximum Gasteiger partial charge on any atom is 0.319 e. The second kappa shape index (κ2) is 7.27. The van der Waals surface area contributed by atoms with Crippen LogP contribution < -0.4 is 15.4 Å². The number of rotatable bonds is 5. The van der Waals surface area contributed by atoms with Gasteiger partial charge in [-0.3, -0.25) is 0 Å². The lowest BCUT2D eigenvalue weighted by Gasteiger charge is -2.15. The predicted molar refractivity (Wildman–Crippen MR) is 74.2 cm³/mol. The average molecular weight is 261 g/mol. The standard InChI is InChI=1S/C14H19N3O2/c1-4-11(7-8-15)16-14(18)17-13-9-12(19-3)6-5-10(13)2/h5-6,9,11H,4,7H2,1-3H3,(H2,16,17,18)/t11-/m0/s1. The van der Waals surface area contributed by atoms with Crippen LogP contribution in [-0.2, 0) is 0 Å². The third kappa shape index (κ3) is 4.51. The largest absolute Gasteiger partial charge is 0.497 e. The Hall–Kier alpha value is -2.22. The normalized spacial score (nSPS) is 11.3. The van der Waals surface area contributed by atoms with Crippen molar-refractivity contribution in [1.29, 1.82) is 5.26 Å². The fraction of sp³-hybridized carbons (Fsp3) is 0.429. The molecular formula is C14H19N3O2. The van der Waals surface area contributed by atoms with Crippen molar-refractivity contribution in [2.45, 2.75) is 32.7 Å². The summed E-state index contributed by atoms with van der Waals surface area (Å²) in [5.74, 6) is 0.685. The number of amides is 2. The van der Waals surface area contributed by atoms with E-state index in [1.165, 1.54) is 0 Å². The number of hydrogen-bond donors (Lipinski definition) is 2. The van der Waals surface area contributed by atoms with Gasteiger partial charge in [-0.2, -0.15) is 5.26 Å². The Bertz CT molecular complexity index is 480. The molecule has 0 saturated heterocycles. The van der Waals surface area contributed by atoms with Crippen molar-refractivity contribution in [3.63, 3.8) is 0 Å². The summed E-state index contributed by atoms with van der Waals surface area (Å²) in [5.41, 5.74) is 1.65. The Morgan fingerprint density at radius 2 is 2.26 bits per heavy atom. The molecule has 1 atom stereocenters. The van der Waals surface area contributed by atoms with E-state index in [0.29, 0.717) is 17.9 Å². The summed E-state index contributed by atoms with van der Waals surface area (Å²) in [5, 5.41) is 14.2. The van der Waals surface area contributed by atoms with Gasteiger partial charge in [0.1, 0.15) is 5.75 Å². The second-order valence-electron chi connectivity index (χ2n) is 4.25. The molecule has 1 aromatic rings. The first-order valence-electron chi connectivity index (χ1n) is 6.19. The molecule has 0 fully saturated rings. The number of benzene rings is 1. The van der Waals surface area contributed by atoms with Crippen molar-refractivity contribution in [3.05, 3.63) is 23.8 Å². The number of methoxy groups -OCH3 is 1. The number of anilines is 1. The third-order valence-corrected chi connectivity index (χ3v) is 2.86. The first kappa shape index (κ1) is 14.8. The van der Waals surface area contributed by atoms with Crippen molar-refractivity contribution < 1.29 is 9.53 Å². The summed E-state index contributed by atoms with van der Waals surface area (Å²) >= 11 is 0. The maximum absolute atomic E-state index is 11.8. The van der Waals surface area contributed by atoms with Gasteiger partial charge in [0.05, 0.1) is 19.6 Å². The van der Waals surface area contributed by atoms with Crippen LogP contribution in [0.3, 0.4) is 0 Å². The number of ether oxygens (including phenoxy) is 1. The fourth-order valence-electron chi connectivity index (χ4n) is 1.61. The number of carbonyl (C=O) groups is 1. The number of nitrogens with one attached hydrogen (secondary N) is 2. The predicted octanol–water partition coefficient (Wildman–Crippen LogP) is 2.82. The molecule has 2 amide bonds. The van der Waals surface area contributed by atoms with E-state index in [0.717, 1.165) is 12.0 Å². The molecule has 0 radical (unpaired) electrons. The number of urea groups is 1. The minimum atomic E-state index is -0.307. The van der Waals surface area contributed by atoms with Crippen LogP contribution in [0.25, 0.3) is 0 Å². The van der Waals surface area contributed by atoms with Crippen molar-refractivity contribution >= 4 is 11.7 Å². The Morgan fingerprint density at radius 3 is 2.84 bits per heavy atom. The van der Waals surface area contributed by atoms with Crippen molar-refractivity contribution in [2.75, 3.05) is 12.4 Å². The monoisotopic (exact) mass is 261 g/mol. The molecule has 0 saturated carbocycles. The van der Waals surface area contributed by atoms with Gasteiger partial charge in [-0.05, 0) is 25.0 Å². The minimum Gasteiger partial charge on any atom is -0.497 e. The van der Waals surface area contributed by atoms with Crippen LogP contribution in [0.1, 0.15) is 25.3 Å². The SMILES string of the molecule is CC[C@@H](CC#N)NC(=O)Nc1cc(OC)ccc1C. The summed E-state index contributed by atoms with van der Waals surface area (Å²) in [4.78, 5) is 11.8. The van der Waals surface area contributed by atoms with Crippen LogP contribution in [-0.4, -0.2) is 19.2 Å². The Balaban J connectivity index is 2.68. The number of carbonyl (C=O) groups excluding carboxylic acids is 1. The summed E-state index contributed by atoms with van der Waals surface area (Å²) < 4.78 is 5.12. The van der Waals surface area contributed by atoms with Gasteiger partial charge in [0.2, 0.25) is 0 Å². The molecular weight excluding hydrogens is 242 g/mol. The smallest absolute Gasteiger partial charge is 0.319 e. The Morgan fingerprint density at radius 1 is 1.53 bits per heavy atom. The quantitative estimate of drug-likeness (QED) is 0.855. The molecule has 0 heterocycles. The van der Waals surface area contributed by atoms with Gasteiger partial charge in [0.25, 0.3) is 0 Å². The van der Waals surface area contributed by atoms with Crippen molar-refractivity contribution in [2.24, 2.45) is 0 Å². The van der Waals surface area contributed by atoms with E-state index in [9.17, 15) is 4.79 Å². The van der Waals surface area contributed by atoms with Gasteiger partial charge in [-0.1, -0.05) is 13.0 Å². The van der Waals surface area contributed by atoms with Crippen molar-refractivity contribution in [3.8, 4) is 11.8 Å². The molecule has 1 aromatic carbocycles. The molecule has 0 aliphatic heterocycles. The lowest BCUT2D eigenvalue weighted by atomic mass is 10.1. The molecule has 5 heteroatoms. The van der Waals surface area contributed by atoms with E-state index in [2.05, 4.69) is 16.7 Å². The van der Waals surface area contributed by atoms with Crippen molar-refractivity contribution in [1.82, 2.24) is 5.32 Å². The third-order valence-electron chi connectivity index (χ3n) is 2.86. The van der Waals surface area contributed by atoms with Crippen LogP contribution in [0.15, 0.2) is 18.2 Å². The van der Waals surface area contributed by atoms with Gasteiger partial charge < -0.3 is 15.4 Å². The molecule has 1 rings (SSSR count). The topological polar surface area (TPSA) is 74.2 Å². The lowest BCUT2D eigenvalue weighted by molar-refractivity contribution is 0.248. The highest BCUT2D eigenvalue weighted by molar-refractivity contribution is 5.90. The summed E-state index contributed by atoms with van der Waals surface area (Å²) in [7, 11) is 1.58. The first-order chi connectivity index (χ1) is 9.10. The van der Waals surface area contributed by atoms with E-state index >= 15 is 0 Å². The van der Waals surface area contributed by atoms with Crippen LogP contribution >= 0.6 is 0 Å². The zero-order chi connectivity index (χ0) is 14.3. The number of aryl methyl sites for hydroxylation is 1. The lowest BCUT2D eigenvalue weighted by Crippen LogP contribution is -2.37. The molecule has 0 aliphatic rings. The van der Waals surface area contributed by atoms with E-state index < -0.39 is 0 Å². The van der Waals surface area contributed by atoms with E-state index in [4.69, 9.17) is 10.00 Å². The average Bonchev–Trinajstić information content (AvgIpc) is 2.40. The maximum atomic E-state index is 11.8. The van der Waals surface area contributed by atoms with E-state index in [1.54, 1.807) is 13.2 Å². The van der Waals surface area contributed by atoms with E-state index in [-0.39, 0.29) is 12.1 Å². The molecule has 2 N–H and O–H groups in total. The second-order valence-corrected chi connectivity index (χ2v) is 4.25. The molecule has 0 aromatic heterocycles. The fourth-order valence-corrected chi connectivity index (χ4v) is 1.61. The molecule has 102 valence electrons. The van der Waals surface area contributed by atoms with Gasteiger partial charge >= 0.3 is 6.03 Å². The Kier molecular flexibility index (Phi) is 5.68.